The van der Waals surface area contributed by atoms with Gasteiger partial charge in [0.15, 0.2) is 5.82 Å². The van der Waals surface area contributed by atoms with Gasteiger partial charge in [0.05, 0.1) is 11.2 Å². The molecule has 0 saturated carbocycles. The minimum Gasteiger partial charge on any atom is -0.362 e. The van der Waals surface area contributed by atoms with E-state index in [2.05, 4.69) is 20.6 Å². The van der Waals surface area contributed by atoms with E-state index in [4.69, 9.17) is 9.26 Å². The molecule has 0 aliphatic rings. The van der Waals surface area contributed by atoms with Crippen molar-refractivity contribution in [3.8, 4) is 11.3 Å². The molecule has 3 rings (SSSR count). The number of benzene rings is 1. The zero-order valence-electron chi connectivity index (χ0n) is 15.9. The lowest BCUT2D eigenvalue weighted by Crippen LogP contribution is -2.28. The standard InChI is InChI=1S/C19H23N5O3/c1-13-20-18(27-23-13)12-26-11-17(25)21-16-10-15(14-8-6-5-7-9-14)22-24(16)19(2,3)4/h5-10H,11-12H2,1-4H3,(H,21,25). The quantitative estimate of drug-likeness (QED) is 0.717. The van der Waals surface area contributed by atoms with Crippen molar-refractivity contribution in [2.45, 2.75) is 39.8 Å². The molecule has 1 N–H and O–H groups in total. The van der Waals surface area contributed by atoms with Crippen LogP contribution in [0.2, 0.25) is 0 Å². The van der Waals surface area contributed by atoms with Gasteiger partial charge in [-0.2, -0.15) is 10.1 Å². The second-order valence-corrected chi connectivity index (χ2v) is 7.14. The summed E-state index contributed by atoms with van der Waals surface area (Å²) in [6.45, 7) is 7.76. The van der Waals surface area contributed by atoms with Crippen molar-refractivity contribution in [1.29, 1.82) is 0 Å². The van der Waals surface area contributed by atoms with Crippen LogP contribution in [0.4, 0.5) is 5.82 Å². The van der Waals surface area contributed by atoms with Gasteiger partial charge >= 0.3 is 0 Å². The molecule has 0 atom stereocenters. The van der Waals surface area contributed by atoms with Gasteiger partial charge in [0.2, 0.25) is 0 Å². The average molecular weight is 369 g/mol. The Kier molecular flexibility index (Phi) is 5.36. The van der Waals surface area contributed by atoms with Gasteiger partial charge in [-0.1, -0.05) is 35.5 Å². The van der Waals surface area contributed by atoms with Crippen LogP contribution in [0.15, 0.2) is 40.9 Å². The maximum Gasteiger partial charge on any atom is 0.252 e. The highest BCUT2D eigenvalue weighted by atomic mass is 16.5. The predicted molar refractivity (Wildman–Crippen MR) is 100.0 cm³/mol. The third kappa shape index (κ3) is 4.79. The van der Waals surface area contributed by atoms with Crippen LogP contribution in [-0.4, -0.2) is 32.4 Å². The Bertz CT molecular complexity index is 909. The molecule has 0 aliphatic carbocycles. The number of ether oxygens (including phenoxy) is 1. The first-order valence-electron chi connectivity index (χ1n) is 8.65. The molecule has 2 aromatic heterocycles. The highest BCUT2D eigenvalue weighted by Gasteiger charge is 2.21. The average Bonchev–Trinajstić information content (AvgIpc) is 3.22. The fourth-order valence-electron chi connectivity index (χ4n) is 2.54. The Morgan fingerprint density at radius 1 is 1.26 bits per heavy atom. The summed E-state index contributed by atoms with van der Waals surface area (Å²) in [6, 6.07) is 11.7. The maximum absolute atomic E-state index is 12.3. The molecule has 0 spiro atoms. The summed E-state index contributed by atoms with van der Waals surface area (Å²) in [4.78, 5) is 16.3. The number of aryl methyl sites for hydroxylation is 1. The van der Waals surface area contributed by atoms with Gasteiger partial charge in [0, 0.05) is 11.6 Å². The minimum absolute atomic E-state index is 0.0854. The number of carbonyl (C=O) groups excluding carboxylic acids is 1. The van der Waals surface area contributed by atoms with Gasteiger partial charge in [-0.3, -0.25) is 4.79 Å². The largest absolute Gasteiger partial charge is 0.362 e. The second kappa shape index (κ2) is 7.71. The zero-order valence-corrected chi connectivity index (χ0v) is 15.9. The summed E-state index contributed by atoms with van der Waals surface area (Å²) < 4.78 is 12.1. The van der Waals surface area contributed by atoms with E-state index in [1.807, 2.05) is 57.2 Å². The lowest BCUT2D eigenvalue weighted by molar-refractivity contribution is -0.121. The summed E-state index contributed by atoms with van der Waals surface area (Å²) in [5.41, 5.74) is 1.49. The molecule has 0 aliphatic heterocycles. The number of hydrogen-bond donors (Lipinski definition) is 1. The van der Waals surface area contributed by atoms with Crippen molar-refractivity contribution < 1.29 is 14.1 Å². The topological polar surface area (TPSA) is 95.1 Å². The fourth-order valence-corrected chi connectivity index (χ4v) is 2.54. The van der Waals surface area contributed by atoms with Gasteiger partial charge in [-0.15, -0.1) is 0 Å². The van der Waals surface area contributed by atoms with E-state index in [-0.39, 0.29) is 24.7 Å². The number of aromatic nitrogens is 4. The van der Waals surface area contributed by atoms with E-state index in [0.29, 0.717) is 17.5 Å². The number of carbonyl (C=O) groups is 1. The molecule has 0 bridgehead atoms. The van der Waals surface area contributed by atoms with Crippen LogP contribution in [0.25, 0.3) is 11.3 Å². The molecule has 0 fully saturated rings. The highest BCUT2D eigenvalue weighted by molar-refractivity contribution is 5.91. The Morgan fingerprint density at radius 3 is 2.63 bits per heavy atom. The molecule has 27 heavy (non-hydrogen) atoms. The molecular formula is C19H23N5O3. The monoisotopic (exact) mass is 369 g/mol. The number of nitrogens with one attached hydrogen (secondary N) is 1. The molecular weight excluding hydrogens is 346 g/mol. The smallest absolute Gasteiger partial charge is 0.252 e. The summed E-state index contributed by atoms with van der Waals surface area (Å²) in [5, 5.41) is 11.2. The fraction of sp³-hybridized carbons (Fsp3) is 0.368. The lowest BCUT2D eigenvalue weighted by Gasteiger charge is -2.22. The second-order valence-electron chi connectivity index (χ2n) is 7.14. The van der Waals surface area contributed by atoms with Crippen molar-refractivity contribution in [2.24, 2.45) is 0 Å². The Hall–Kier alpha value is -3.00. The van der Waals surface area contributed by atoms with Crippen molar-refractivity contribution in [3.05, 3.63) is 48.1 Å². The molecule has 1 amide bonds. The van der Waals surface area contributed by atoms with E-state index < -0.39 is 0 Å². The normalized spacial score (nSPS) is 11.6. The summed E-state index contributed by atoms with van der Waals surface area (Å²) in [7, 11) is 0. The molecule has 3 aromatic rings. The molecule has 0 radical (unpaired) electrons. The van der Waals surface area contributed by atoms with Crippen LogP contribution in [0, 0.1) is 6.92 Å². The Balaban J connectivity index is 1.69. The lowest BCUT2D eigenvalue weighted by atomic mass is 10.1. The van der Waals surface area contributed by atoms with E-state index in [9.17, 15) is 4.79 Å². The van der Waals surface area contributed by atoms with Gasteiger partial charge in [0.25, 0.3) is 11.8 Å². The molecule has 8 nitrogen and oxygen atoms in total. The Labute approximate surface area is 157 Å². The third-order valence-electron chi connectivity index (χ3n) is 3.71. The molecule has 0 unspecified atom stereocenters. The maximum atomic E-state index is 12.3. The third-order valence-corrected chi connectivity index (χ3v) is 3.71. The highest BCUT2D eigenvalue weighted by Crippen LogP contribution is 2.26. The molecule has 1 aromatic carbocycles. The van der Waals surface area contributed by atoms with E-state index in [1.165, 1.54) is 0 Å². The molecule has 142 valence electrons. The van der Waals surface area contributed by atoms with Gasteiger partial charge in [-0.05, 0) is 27.7 Å². The van der Waals surface area contributed by atoms with Gasteiger partial charge in [0.1, 0.15) is 19.0 Å². The van der Waals surface area contributed by atoms with Crippen LogP contribution >= 0.6 is 0 Å². The van der Waals surface area contributed by atoms with E-state index in [0.717, 1.165) is 11.3 Å². The number of amides is 1. The van der Waals surface area contributed by atoms with Crippen molar-refractivity contribution in [2.75, 3.05) is 11.9 Å². The van der Waals surface area contributed by atoms with E-state index in [1.54, 1.807) is 11.6 Å². The molecule has 2 heterocycles. The number of hydrogen-bond acceptors (Lipinski definition) is 6. The van der Waals surface area contributed by atoms with Crippen LogP contribution in [0.1, 0.15) is 32.5 Å². The van der Waals surface area contributed by atoms with Crippen LogP contribution < -0.4 is 5.32 Å². The first-order valence-corrected chi connectivity index (χ1v) is 8.65. The SMILES string of the molecule is Cc1noc(COCC(=O)Nc2cc(-c3ccccc3)nn2C(C)(C)C)n1. The summed E-state index contributed by atoms with van der Waals surface area (Å²) >= 11 is 0. The van der Waals surface area contributed by atoms with Crippen molar-refractivity contribution in [1.82, 2.24) is 19.9 Å². The number of rotatable bonds is 6. The summed E-state index contributed by atoms with van der Waals surface area (Å²) in [6.07, 6.45) is 0. The van der Waals surface area contributed by atoms with Crippen LogP contribution in [0.3, 0.4) is 0 Å². The number of anilines is 1. The zero-order chi connectivity index (χ0) is 19.4. The first kappa shape index (κ1) is 18.8. The van der Waals surface area contributed by atoms with Crippen molar-refractivity contribution >= 4 is 11.7 Å². The van der Waals surface area contributed by atoms with Crippen molar-refractivity contribution in [3.63, 3.8) is 0 Å². The molecule has 0 saturated heterocycles. The van der Waals surface area contributed by atoms with Gasteiger partial charge < -0.3 is 14.6 Å². The predicted octanol–water partition coefficient (Wildman–Crippen LogP) is 3.15. The first-order chi connectivity index (χ1) is 12.8. The minimum atomic E-state index is -0.294. The van der Waals surface area contributed by atoms with Crippen LogP contribution in [-0.2, 0) is 21.7 Å². The summed E-state index contributed by atoms with van der Waals surface area (Å²) in [5.74, 6) is 1.20. The number of nitrogens with zero attached hydrogens (tertiary/aromatic N) is 4. The van der Waals surface area contributed by atoms with Crippen LogP contribution in [0.5, 0.6) is 0 Å². The Morgan fingerprint density at radius 2 is 2.00 bits per heavy atom. The molecule has 8 heteroatoms. The van der Waals surface area contributed by atoms with E-state index >= 15 is 0 Å². The van der Waals surface area contributed by atoms with Gasteiger partial charge in [-0.25, -0.2) is 4.68 Å².